The lowest BCUT2D eigenvalue weighted by atomic mass is 9.95. The average Bonchev–Trinajstić information content (AvgIpc) is 2.46. The molecular formula is C15H31NO3. The summed E-state index contributed by atoms with van der Waals surface area (Å²) < 4.78 is 16.6. The maximum atomic E-state index is 5.89. The van der Waals surface area contributed by atoms with Crippen LogP contribution in [0.5, 0.6) is 0 Å². The van der Waals surface area contributed by atoms with Gasteiger partial charge < -0.3 is 19.5 Å². The van der Waals surface area contributed by atoms with Crippen LogP contribution in [0.15, 0.2) is 0 Å². The Balaban J connectivity index is 1.85. The molecule has 1 fully saturated rings. The summed E-state index contributed by atoms with van der Waals surface area (Å²) in [6.07, 6.45) is 7.79. The molecule has 0 aromatic heterocycles. The molecule has 0 radical (unpaired) electrons. The van der Waals surface area contributed by atoms with E-state index < -0.39 is 0 Å². The third-order valence-corrected chi connectivity index (χ3v) is 3.64. The fraction of sp³-hybridized carbons (Fsp3) is 1.00. The Bertz CT molecular complexity index is 202. The first-order valence-electron chi connectivity index (χ1n) is 7.79. The third-order valence-electron chi connectivity index (χ3n) is 3.64. The van der Waals surface area contributed by atoms with E-state index in [1.807, 2.05) is 6.92 Å². The van der Waals surface area contributed by atoms with Gasteiger partial charge in [-0.2, -0.15) is 0 Å². The first-order valence-corrected chi connectivity index (χ1v) is 7.79. The van der Waals surface area contributed by atoms with E-state index in [4.69, 9.17) is 14.2 Å². The van der Waals surface area contributed by atoms with Gasteiger partial charge in [-0.3, -0.25) is 0 Å². The number of hydrogen-bond acceptors (Lipinski definition) is 4. The summed E-state index contributed by atoms with van der Waals surface area (Å²) in [5, 5.41) is 3.42. The molecule has 1 aliphatic rings. The molecule has 0 aromatic carbocycles. The Morgan fingerprint density at radius 2 is 1.89 bits per heavy atom. The molecule has 0 amide bonds. The van der Waals surface area contributed by atoms with Gasteiger partial charge in [-0.25, -0.2) is 0 Å². The van der Waals surface area contributed by atoms with Crippen LogP contribution in [0.4, 0.5) is 0 Å². The zero-order valence-corrected chi connectivity index (χ0v) is 12.7. The van der Waals surface area contributed by atoms with Gasteiger partial charge in [0.1, 0.15) is 0 Å². The predicted octanol–water partition coefficient (Wildman–Crippen LogP) is 2.37. The summed E-state index contributed by atoms with van der Waals surface area (Å²) in [5.74, 6) is 0. The smallest absolute Gasteiger partial charge is 0.0600 e. The van der Waals surface area contributed by atoms with E-state index >= 15 is 0 Å². The van der Waals surface area contributed by atoms with E-state index in [-0.39, 0.29) is 0 Å². The third kappa shape index (κ3) is 8.58. The number of unbranched alkanes of at least 4 members (excludes halogenated alkanes) is 1. The first-order chi connectivity index (χ1) is 9.36. The van der Waals surface area contributed by atoms with Gasteiger partial charge >= 0.3 is 0 Å². The van der Waals surface area contributed by atoms with Crippen molar-refractivity contribution in [1.82, 2.24) is 5.32 Å². The quantitative estimate of drug-likeness (QED) is 0.587. The Morgan fingerprint density at radius 1 is 1.05 bits per heavy atom. The molecular weight excluding hydrogens is 242 g/mol. The second kappa shape index (κ2) is 11.6. The minimum absolute atomic E-state index is 0.401. The minimum atomic E-state index is 0.401. The first kappa shape index (κ1) is 16.9. The summed E-state index contributed by atoms with van der Waals surface area (Å²) >= 11 is 0. The number of rotatable bonds is 11. The highest BCUT2D eigenvalue weighted by Crippen LogP contribution is 2.22. The van der Waals surface area contributed by atoms with Crippen LogP contribution < -0.4 is 5.32 Å². The fourth-order valence-corrected chi connectivity index (χ4v) is 2.49. The molecule has 0 saturated heterocycles. The van der Waals surface area contributed by atoms with Crippen molar-refractivity contribution in [1.29, 1.82) is 0 Å². The van der Waals surface area contributed by atoms with E-state index in [2.05, 4.69) is 5.32 Å². The van der Waals surface area contributed by atoms with Crippen molar-refractivity contribution in [2.45, 2.75) is 57.7 Å². The number of ether oxygens (including phenoxy) is 3. The van der Waals surface area contributed by atoms with Crippen LogP contribution in [-0.4, -0.2) is 52.2 Å². The van der Waals surface area contributed by atoms with Crippen molar-refractivity contribution in [2.24, 2.45) is 0 Å². The molecule has 0 aliphatic heterocycles. The molecule has 19 heavy (non-hydrogen) atoms. The molecule has 0 spiro atoms. The van der Waals surface area contributed by atoms with E-state index in [1.54, 1.807) is 7.11 Å². The van der Waals surface area contributed by atoms with Crippen molar-refractivity contribution < 1.29 is 14.2 Å². The zero-order valence-electron chi connectivity index (χ0n) is 12.7. The van der Waals surface area contributed by atoms with Gasteiger partial charge in [0.15, 0.2) is 0 Å². The zero-order chi connectivity index (χ0) is 13.8. The Kier molecular flexibility index (Phi) is 10.4. The van der Waals surface area contributed by atoms with Crippen molar-refractivity contribution in [2.75, 3.05) is 40.0 Å². The highest BCUT2D eigenvalue weighted by molar-refractivity contribution is 4.73. The number of methoxy groups -OCH3 is 1. The number of nitrogens with one attached hydrogen (secondary N) is 1. The predicted molar refractivity (Wildman–Crippen MR) is 77.6 cm³/mol. The van der Waals surface area contributed by atoms with Crippen LogP contribution >= 0.6 is 0 Å². The van der Waals surface area contributed by atoms with Crippen molar-refractivity contribution >= 4 is 0 Å². The van der Waals surface area contributed by atoms with E-state index in [9.17, 15) is 0 Å². The average molecular weight is 273 g/mol. The second-order valence-corrected chi connectivity index (χ2v) is 5.17. The summed E-state index contributed by atoms with van der Waals surface area (Å²) in [7, 11) is 1.80. The fourth-order valence-electron chi connectivity index (χ4n) is 2.49. The second-order valence-electron chi connectivity index (χ2n) is 5.17. The highest BCUT2D eigenvalue weighted by atomic mass is 16.5. The van der Waals surface area contributed by atoms with Crippen LogP contribution in [0.2, 0.25) is 0 Å². The largest absolute Gasteiger partial charge is 0.382 e. The van der Waals surface area contributed by atoms with Crippen LogP contribution in [0.1, 0.15) is 45.4 Å². The molecule has 0 bridgehead atoms. The van der Waals surface area contributed by atoms with E-state index in [0.717, 1.165) is 45.8 Å². The lowest BCUT2D eigenvalue weighted by molar-refractivity contribution is -0.0282. The summed E-state index contributed by atoms with van der Waals surface area (Å²) in [6.45, 7) is 6.56. The van der Waals surface area contributed by atoms with Gasteiger partial charge in [0.05, 0.1) is 18.8 Å². The van der Waals surface area contributed by atoms with Gasteiger partial charge in [-0.15, -0.1) is 0 Å². The lowest BCUT2D eigenvalue weighted by Crippen LogP contribution is -2.30. The molecule has 114 valence electrons. The molecule has 0 heterocycles. The summed E-state index contributed by atoms with van der Waals surface area (Å²) in [6, 6.07) is 0. The lowest BCUT2D eigenvalue weighted by Gasteiger charge is -2.28. The molecule has 1 rings (SSSR count). The normalized spacial score (nSPS) is 23.7. The van der Waals surface area contributed by atoms with Gasteiger partial charge in [0.25, 0.3) is 0 Å². The molecule has 4 nitrogen and oxygen atoms in total. The Labute approximate surface area is 118 Å². The van der Waals surface area contributed by atoms with Crippen LogP contribution in [-0.2, 0) is 14.2 Å². The number of hydrogen-bond donors (Lipinski definition) is 1. The molecule has 2 atom stereocenters. The van der Waals surface area contributed by atoms with Crippen molar-refractivity contribution in [3.8, 4) is 0 Å². The van der Waals surface area contributed by atoms with E-state index in [0.29, 0.717) is 12.2 Å². The highest BCUT2D eigenvalue weighted by Gasteiger charge is 2.21. The van der Waals surface area contributed by atoms with Crippen LogP contribution in [0, 0.1) is 0 Å². The molecule has 4 heteroatoms. The SMILES string of the molecule is CCOCCCCNCCOC1CCCC(OC)C1. The molecule has 1 aliphatic carbocycles. The van der Waals surface area contributed by atoms with Crippen LogP contribution in [0.25, 0.3) is 0 Å². The monoisotopic (exact) mass is 273 g/mol. The maximum absolute atomic E-state index is 5.89. The van der Waals surface area contributed by atoms with Gasteiger partial charge in [-0.1, -0.05) is 0 Å². The molecule has 1 N–H and O–H groups in total. The van der Waals surface area contributed by atoms with Gasteiger partial charge in [-0.05, 0) is 52.0 Å². The summed E-state index contributed by atoms with van der Waals surface area (Å²) in [4.78, 5) is 0. The standard InChI is InChI=1S/C15H31NO3/c1-3-18-11-5-4-9-16-10-12-19-15-8-6-7-14(13-15)17-2/h14-16H,3-13H2,1-2H3. The van der Waals surface area contributed by atoms with Gasteiger partial charge in [0, 0.05) is 26.9 Å². The molecule has 2 unspecified atom stereocenters. The topological polar surface area (TPSA) is 39.7 Å². The molecule has 0 aromatic rings. The van der Waals surface area contributed by atoms with Gasteiger partial charge in [0.2, 0.25) is 0 Å². The van der Waals surface area contributed by atoms with E-state index in [1.165, 1.54) is 25.7 Å². The Morgan fingerprint density at radius 3 is 2.68 bits per heavy atom. The van der Waals surface area contributed by atoms with Crippen molar-refractivity contribution in [3.05, 3.63) is 0 Å². The summed E-state index contributed by atoms with van der Waals surface area (Å²) in [5.41, 5.74) is 0. The maximum Gasteiger partial charge on any atom is 0.0600 e. The van der Waals surface area contributed by atoms with Crippen LogP contribution in [0.3, 0.4) is 0 Å². The Hall–Kier alpha value is -0.160. The van der Waals surface area contributed by atoms with Crippen molar-refractivity contribution in [3.63, 3.8) is 0 Å². The minimum Gasteiger partial charge on any atom is -0.382 e. The molecule has 1 saturated carbocycles.